The topological polar surface area (TPSA) is 74.8 Å². The van der Waals surface area contributed by atoms with Gasteiger partial charge < -0.3 is 10.3 Å². The van der Waals surface area contributed by atoms with Crippen LogP contribution in [0.15, 0.2) is 22.4 Å². The number of hydrogen-bond acceptors (Lipinski definition) is 4. The Morgan fingerprint density at radius 3 is 2.74 bits per heavy atom. The molecule has 0 fully saturated rings. The number of pyridine rings is 1. The predicted molar refractivity (Wildman–Crippen MR) is 76.0 cm³/mol. The van der Waals surface area contributed by atoms with E-state index < -0.39 is 0 Å². The molecule has 6 heteroatoms. The Kier molecular flexibility index (Phi) is 3.80. The van der Waals surface area contributed by atoms with Crippen molar-refractivity contribution in [2.75, 3.05) is 5.32 Å². The number of thiazole rings is 1. The van der Waals surface area contributed by atoms with Crippen LogP contribution in [0.1, 0.15) is 41.5 Å². The van der Waals surface area contributed by atoms with E-state index in [2.05, 4.69) is 15.3 Å². The van der Waals surface area contributed by atoms with E-state index >= 15 is 0 Å². The number of anilines is 1. The Labute approximate surface area is 114 Å². The number of carbonyl (C=O) groups is 1. The zero-order valence-corrected chi connectivity index (χ0v) is 11.8. The summed E-state index contributed by atoms with van der Waals surface area (Å²) in [6.45, 7) is 5.74. The summed E-state index contributed by atoms with van der Waals surface area (Å²) in [6, 6.07) is 3.01. The van der Waals surface area contributed by atoms with Gasteiger partial charge in [0.25, 0.3) is 5.91 Å². The number of nitrogens with zero attached hydrogens (tertiary/aromatic N) is 1. The number of aryl methyl sites for hydroxylation is 1. The summed E-state index contributed by atoms with van der Waals surface area (Å²) in [5.41, 5.74) is 3.28. The Balaban J connectivity index is 2.29. The summed E-state index contributed by atoms with van der Waals surface area (Å²) in [7, 11) is 0. The molecule has 0 aliphatic carbocycles. The van der Waals surface area contributed by atoms with Crippen LogP contribution in [0.4, 0.5) is 5.00 Å². The molecule has 1 amide bonds. The van der Waals surface area contributed by atoms with Crippen molar-refractivity contribution in [2.45, 2.75) is 26.7 Å². The minimum Gasteiger partial charge on any atom is -0.326 e. The van der Waals surface area contributed by atoms with Gasteiger partial charge in [-0.15, -0.1) is 11.3 Å². The van der Waals surface area contributed by atoms with Gasteiger partial charge in [0.2, 0.25) is 5.56 Å². The largest absolute Gasteiger partial charge is 0.326 e. The molecule has 0 spiro atoms. The molecule has 0 saturated carbocycles. The van der Waals surface area contributed by atoms with Gasteiger partial charge in [-0.3, -0.25) is 9.59 Å². The Morgan fingerprint density at radius 1 is 1.42 bits per heavy atom. The summed E-state index contributed by atoms with van der Waals surface area (Å²) in [6.07, 6.45) is 0. The van der Waals surface area contributed by atoms with Crippen LogP contribution in [0.5, 0.6) is 0 Å². The van der Waals surface area contributed by atoms with Crippen LogP contribution < -0.4 is 10.9 Å². The maximum atomic E-state index is 12.1. The van der Waals surface area contributed by atoms with Crippen molar-refractivity contribution in [1.82, 2.24) is 9.97 Å². The average Bonchev–Trinajstić information content (AvgIpc) is 2.74. The van der Waals surface area contributed by atoms with Gasteiger partial charge in [-0.1, -0.05) is 13.8 Å². The van der Waals surface area contributed by atoms with Gasteiger partial charge in [-0.2, -0.15) is 0 Å². The van der Waals surface area contributed by atoms with Crippen LogP contribution in [0.25, 0.3) is 0 Å². The molecule has 100 valence electrons. The second-order valence-corrected chi connectivity index (χ2v) is 5.42. The van der Waals surface area contributed by atoms with Crippen LogP contribution >= 0.6 is 11.3 Å². The summed E-state index contributed by atoms with van der Waals surface area (Å²) in [4.78, 5) is 30.4. The smallest absolute Gasteiger partial charge is 0.256 e. The monoisotopic (exact) mass is 277 g/mol. The summed E-state index contributed by atoms with van der Waals surface area (Å²) in [5, 5.41) is 3.47. The van der Waals surface area contributed by atoms with Crippen molar-refractivity contribution in [1.29, 1.82) is 0 Å². The third-order valence-electron chi connectivity index (χ3n) is 2.72. The lowest BCUT2D eigenvalue weighted by Gasteiger charge is -2.08. The second kappa shape index (κ2) is 5.36. The minimum atomic E-state index is -0.291. The van der Waals surface area contributed by atoms with E-state index in [1.807, 2.05) is 20.8 Å². The molecule has 19 heavy (non-hydrogen) atoms. The van der Waals surface area contributed by atoms with Crippen LogP contribution in [0, 0.1) is 6.92 Å². The van der Waals surface area contributed by atoms with Crippen LogP contribution in [-0.2, 0) is 0 Å². The second-order valence-electron chi connectivity index (χ2n) is 4.56. The fourth-order valence-electron chi connectivity index (χ4n) is 1.60. The van der Waals surface area contributed by atoms with E-state index in [-0.39, 0.29) is 17.4 Å². The van der Waals surface area contributed by atoms with Gasteiger partial charge in [0.05, 0.1) is 11.2 Å². The zero-order chi connectivity index (χ0) is 14.0. The number of H-pyrrole nitrogens is 1. The number of amides is 1. The molecule has 0 saturated heterocycles. The number of nitrogens with one attached hydrogen (secondary N) is 2. The first-order chi connectivity index (χ1) is 8.97. The van der Waals surface area contributed by atoms with E-state index in [0.717, 1.165) is 11.4 Å². The summed E-state index contributed by atoms with van der Waals surface area (Å²) in [5.74, 6) is -0.133. The molecular formula is C13H15N3O2S. The molecule has 2 aromatic heterocycles. The average molecular weight is 277 g/mol. The van der Waals surface area contributed by atoms with Gasteiger partial charge in [0.15, 0.2) is 0 Å². The fraction of sp³-hybridized carbons (Fsp3) is 0.308. The molecule has 2 aromatic rings. The highest BCUT2D eigenvalue weighted by Gasteiger charge is 2.12. The van der Waals surface area contributed by atoms with Crippen molar-refractivity contribution in [2.24, 2.45) is 0 Å². The van der Waals surface area contributed by atoms with Crippen molar-refractivity contribution >= 4 is 22.2 Å². The Hall–Kier alpha value is -1.95. The normalized spacial score (nSPS) is 10.7. The maximum Gasteiger partial charge on any atom is 0.256 e. The van der Waals surface area contributed by atoms with Gasteiger partial charge >= 0.3 is 0 Å². The van der Waals surface area contributed by atoms with Crippen LogP contribution in [0.2, 0.25) is 0 Å². The number of aromatic nitrogens is 2. The van der Waals surface area contributed by atoms with Crippen molar-refractivity contribution < 1.29 is 4.79 Å². The highest BCUT2D eigenvalue weighted by Crippen LogP contribution is 2.20. The van der Waals surface area contributed by atoms with E-state index in [0.29, 0.717) is 10.6 Å². The molecule has 5 nitrogen and oxygen atoms in total. The first kappa shape index (κ1) is 13.5. The predicted octanol–water partition coefficient (Wildman–Crippen LogP) is 2.52. The molecule has 0 aromatic carbocycles. The van der Waals surface area contributed by atoms with Gasteiger partial charge in [-0.05, 0) is 18.9 Å². The number of aromatic amines is 1. The van der Waals surface area contributed by atoms with E-state index in [9.17, 15) is 9.59 Å². The summed E-state index contributed by atoms with van der Waals surface area (Å²) < 4.78 is 0. The van der Waals surface area contributed by atoms with Gasteiger partial charge in [0, 0.05) is 17.3 Å². The quantitative estimate of drug-likeness (QED) is 0.905. The van der Waals surface area contributed by atoms with E-state index in [4.69, 9.17) is 0 Å². The molecule has 0 aliphatic rings. The molecule has 0 atom stereocenters. The van der Waals surface area contributed by atoms with Crippen molar-refractivity contribution in [3.05, 3.63) is 44.9 Å². The van der Waals surface area contributed by atoms with Gasteiger partial charge in [0.1, 0.15) is 5.00 Å². The van der Waals surface area contributed by atoms with Gasteiger partial charge in [-0.25, -0.2) is 4.98 Å². The highest BCUT2D eigenvalue weighted by atomic mass is 32.1. The van der Waals surface area contributed by atoms with E-state index in [1.165, 1.54) is 17.4 Å². The Bertz CT molecular complexity index is 658. The van der Waals surface area contributed by atoms with Crippen molar-refractivity contribution in [3.63, 3.8) is 0 Å². The lowest BCUT2D eigenvalue weighted by atomic mass is 10.1. The molecule has 0 radical (unpaired) electrons. The third-order valence-corrected chi connectivity index (χ3v) is 3.57. The highest BCUT2D eigenvalue weighted by molar-refractivity contribution is 7.14. The SMILES string of the molecule is Cc1ncsc1NC(=O)c1cc(C(C)C)[nH]c(=O)c1. The lowest BCUT2D eigenvalue weighted by Crippen LogP contribution is -2.18. The third kappa shape index (κ3) is 3.08. The van der Waals surface area contributed by atoms with Crippen LogP contribution in [0.3, 0.4) is 0 Å². The molecule has 0 bridgehead atoms. The molecular weight excluding hydrogens is 262 g/mol. The van der Waals surface area contributed by atoms with Crippen LogP contribution in [-0.4, -0.2) is 15.9 Å². The minimum absolute atomic E-state index is 0.158. The van der Waals surface area contributed by atoms with Crippen molar-refractivity contribution in [3.8, 4) is 0 Å². The summed E-state index contributed by atoms with van der Waals surface area (Å²) >= 11 is 1.36. The number of hydrogen-bond donors (Lipinski definition) is 2. The zero-order valence-electron chi connectivity index (χ0n) is 11.0. The number of rotatable bonds is 3. The molecule has 2 rings (SSSR count). The first-order valence-corrected chi connectivity index (χ1v) is 6.81. The maximum absolute atomic E-state index is 12.1. The first-order valence-electron chi connectivity index (χ1n) is 5.93. The lowest BCUT2D eigenvalue weighted by molar-refractivity contribution is 0.102. The molecule has 0 aliphatic heterocycles. The fourth-order valence-corrected chi connectivity index (χ4v) is 2.30. The Morgan fingerprint density at radius 2 is 2.16 bits per heavy atom. The molecule has 2 heterocycles. The van der Waals surface area contributed by atoms with E-state index in [1.54, 1.807) is 11.6 Å². The standard InChI is InChI=1S/C13H15N3O2S/c1-7(2)10-4-9(5-11(17)15-10)12(18)16-13-8(3)14-6-19-13/h4-7H,1-3H3,(H,15,17)(H,16,18). The number of carbonyl (C=O) groups excluding carboxylic acids is 1. The molecule has 0 unspecified atom stereocenters. The molecule has 2 N–H and O–H groups in total.